The topological polar surface area (TPSA) is 85.3 Å². The van der Waals surface area contributed by atoms with Crippen LogP contribution in [0.15, 0.2) is 43.0 Å². The van der Waals surface area contributed by atoms with Crippen LogP contribution in [0.1, 0.15) is 49.4 Å². The molecule has 0 radical (unpaired) electrons. The Kier molecular flexibility index (Phi) is 6.35. The van der Waals surface area contributed by atoms with Crippen molar-refractivity contribution in [3.8, 4) is 11.5 Å². The predicted molar refractivity (Wildman–Crippen MR) is 126 cm³/mol. The van der Waals surface area contributed by atoms with Crippen molar-refractivity contribution in [1.29, 1.82) is 0 Å². The lowest BCUT2D eigenvalue weighted by Crippen LogP contribution is -2.33. The Bertz CT molecular complexity index is 1090. The molecule has 8 heteroatoms. The van der Waals surface area contributed by atoms with Gasteiger partial charge in [-0.25, -0.2) is 15.0 Å². The van der Waals surface area contributed by atoms with Crippen molar-refractivity contribution in [2.24, 2.45) is 0 Å². The first-order chi connectivity index (χ1) is 16.2. The van der Waals surface area contributed by atoms with E-state index in [0.29, 0.717) is 24.3 Å². The van der Waals surface area contributed by atoms with Gasteiger partial charge in [-0.1, -0.05) is 0 Å². The van der Waals surface area contributed by atoms with E-state index in [0.717, 1.165) is 56.1 Å². The molecule has 1 saturated heterocycles. The summed E-state index contributed by atoms with van der Waals surface area (Å²) in [6.45, 7) is 7.70. The summed E-state index contributed by atoms with van der Waals surface area (Å²) in [4.78, 5) is 20.1. The third-order valence-corrected chi connectivity index (χ3v) is 6.24. The average molecular weight is 447 g/mol. The molecule has 1 aromatic carbocycles. The highest BCUT2D eigenvalue weighted by atomic mass is 16.5. The summed E-state index contributed by atoms with van der Waals surface area (Å²) in [7, 11) is 0. The van der Waals surface area contributed by atoms with Crippen molar-refractivity contribution >= 4 is 11.8 Å². The molecule has 172 valence electrons. The molecule has 1 N–H and O–H groups in total. The molecule has 8 nitrogen and oxygen atoms in total. The van der Waals surface area contributed by atoms with Crippen molar-refractivity contribution < 1.29 is 9.47 Å². The van der Waals surface area contributed by atoms with Crippen LogP contribution in [0.5, 0.6) is 11.5 Å². The molecule has 0 amide bonds. The maximum atomic E-state index is 5.99. The van der Waals surface area contributed by atoms with Gasteiger partial charge < -0.3 is 14.8 Å². The fraction of sp³-hybridized carbons (Fsp3) is 0.440. The van der Waals surface area contributed by atoms with E-state index < -0.39 is 0 Å². The lowest BCUT2D eigenvalue weighted by atomic mass is 9.93. The van der Waals surface area contributed by atoms with E-state index in [1.165, 1.54) is 11.1 Å². The summed E-state index contributed by atoms with van der Waals surface area (Å²) >= 11 is 0. The fourth-order valence-corrected chi connectivity index (χ4v) is 4.64. The maximum Gasteiger partial charge on any atom is 0.228 e. The highest BCUT2D eigenvalue weighted by Crippen LogP contribution is 2.36. The lowest BCUT2D eigenvalue weighted by molar-refractivity contribution is 0.199. The van der Waals surface area contributed by atoms with E-state index in [-0.39, 0.29) is 6.10 Å². The van der Waals surface area contributed by atoms with Gasteiger partial charge in [0.2, 0.25) is 5.95 Å². The number of nitrogens with one attached hydrogen (secondary N) is 1. The van der Waals surface area contributed by atoms with Crippen LogP contribution in [0.4, 0.5) is 11.8 Å². The number of piperidine rings is 1. The van der Waals surface area contributed by atoms with Gasteiger partial charge in [-0.2, -0.15) is 0 Å². The van der Waals surface area contributed by atoms with Crippen molar-refractivity contribution in [3.63, 3.8) is 0 Å². The highest BCUT2D eigenvalue weighted by Gasteiger charge is 2.25. The Morgan fingerprint density at radius 2 is 1.97 bits per heavy atom. The molecule has 33 heavy (non-hydrogen) atoms. The van der Waals surface area contributed by atoms with Crippen LogP contribution in [0.3, 0.4) is 0 Å². The highest BCUT2D eigenvalue weighted by molar-refractivity contribution is 5.49. The number of rotatable bonds is 7. The van der Waals surface area contributed by atoms with Crippen LogP contribution in [0.2, 0.25) is 0 Å². The van der Waals surface area contributed by atoms with Gasteiger partial charge >= 0.3 is 0 Å². The summed E-state index contributed by atoms with van der Waals surface area (Å²) in [5.41, 5.74) is 3.48. The van der Waals surface area contributed by atoms with Gasteiger partial charge in [0.1, 0.15) is 17.6 Å². The standard InChI is InChI=1S/C25H30N6O2/c1-3-32-22-12-19-11-17(2)33-23(19)13-20(22)16-31-9-5-18(6-10-31)21-14-26-15-24(29-21)30-25-27-7-4-8-28-25/h4,7-8,12-15,17-18H,3,5-6,9-11,16H2,1-2H3,(H,27,28,29,30). The molecule has 1 unspecified atom stereocenters. The maximum absolute atomic E-state index is 5.99. The number of benzene rings is 1. The van der Waals surface area contributed by atoms with Crippen LogP contribution in [0, 0.1) is 0 Å². The molecule has 0 bridgehead atoms. The van der Waals surface area contributed by atoms with Gasteiger partial charge in [-0.05, 0) is 58.0 Å². The molecule has 2 aromatic heterocycles. The zero-order valence-corrected chi connectivity index (χ0v) is 19.2. The van der Waals surface area contributed by atoms with E-state index in [9.17, 15) is 0 Å². The molecular weight excluding hydrogens is 416 g/mol. The summed E-state index contributed by atoms with van der Waals surface area (Å²) in [5, 5.41) is 3.13. The van der Waals surface area contributed by atoms with Crippen molar-refractivity contribution in [2.45, 2.75) is 51.7 Å². The van der Waals surface area contributed by atoms with Gasteiger partial charge in [-0.3, -0.25) is 9.88 Å². The molecule has 4 heterocycles. The molecule has 0 spiro atoms. The van der Waals surface area contributed by atoms with Crippen LogP contribution in [-0.4, -0.2) is 50.6 Å². The minimum absolute atomic E-state index is 0.236. The number of ether oxygens (including phenoxy) is 2. The number of likely N-dealkylation sites (tertiary alicyclic amines) is 1. The molecule has 5 rings (SSSR count). The first kappa shape index (κ1) is 21.6. The Balaban J connectivity index is 1.22. The van der Waals surface area contributed by atoms with E-state index >= 15 is 0 Å². The van der Waals surface area contributed by atoms with Gasteiger partial charge in [0.15, 0.2) is 5.82 Å². The molecule has 1 fully saturated rings. The normalized spacial score (nSPS) is 18.5. The number of fused-ring (bicyclic) bond motifs is 1. The third-order valence-electron chi connectivity index (χ3n) is 6.24. The first-order valence-electron chi connectivity index (χ1n) is 11.7. The second-order valence-corrected chi connectivity index (χ2v) is 8.71. The van der Waals surface area contributed by atoms with Crippen molar-refractivity contribution in [2.75, 3.05) is 25.0 Å². The van der Waals surface area contributed by atoms with Crippen LogP contribution < -0.4 is 14.8 Å². The van der Waals surface area contributed by atoms with Crippen LogP contribution >= 0.6 is 0 Å². The Morgan fingerprint density at radius 3 is 2.76 bits per heavy atom. The minimum Gasteiger partial charge on any atom is -0.494 e. The number of anilines is 2. The second kappa shape index (κ2) is 9.70. The third kappa shape index (κ3) is 5.06. The Morgan fingerprint density at radius 1 is 1.15 bits per heavy atom. The number of hydrogen-bond donors (Lipinski definition) is 1. The molecular formula is C25H30N6O2. The molecule has 2 aliphatic heterocycles. The van der Waals surface area contributed by atoms with E-state index in [2.05, 4.69) is 44.2 Å². The second-order valence-electron chi connectivity index (χ2n) is 8.71. The fourth-order valence-electron chi connectivity index (χ4n) is 4.64. The van der Waals surface area contributed by atoms with E-state index in [4.69, 9.17) is 14.5 Å². The largest absolute Gasteiger partial charge is 0.494 e. The monoisotopic (exact) mass is 446 g/mol. The summed E-state index contributed by atoms with van der Waals surface area (Å²) in [6.07, 6.45) is 10.3. The molecule has 0 saturated carbocycles. The van der Waals surface area contributed by atoms with Gasteiger partial charge in [0, 0.05) is 48.6 Å². The number of hydrogen-bond acceptors (Lipinski definition) is 8. The summed E-state index contributed by atoms with van der Waals surface area (Å²) < 4.78 is 12.0. The zero-order chi connectivity index (χ0) is 22.6. The molecule has 1 atom stereocenters. The van der Waals surface area contributed by atoms with E-state index in [1.807, 2.05) is 13.1 Å². The first-order valence-corrected chi connectivity index (χ1v) is 11.7. The van der Waals surface area contributed by atoms with Crippen molar-refractivity contribution in [1.82, 2.24) is 24.8 Å². The minimum atomic E-state index is 0.236. The van der Waals surface area contributed by atoms with Gasteiger partial charge in [0.05, 0.1) is 18.5 Å². The van der Waals surface area contributed by atoms with Crippen LogP contribution in [-0.2, 0) is 13.0 Å². The Hall–Kier alpha value is -3.26. The van der Waals surface area contributed by atoms with Gasteiger partial charge in [0.25, 0.3) is 0 Å². The van der Waals surface area contributed by atoms with E-state index in [1.54, 1.807) is 24.7 Å². The summed E-state index contributed by atoms with van der Waals surface area (Å²) in [6, 6.07) is 6.14. The smallest absolute Gasteiger partial charge is 0.228 e. The Labute approximate surface area is 194 Å². The molecule has 0 aliphatic carbocycles. The summed E-state index contributed by atoms with van der Waals surface area (Å²) in [5.74, 6) is 3.59. The number of aromatic nitrogens is 4. The quantitative estimate of drug-likeness (QED) is 0.580. The average Bonchev–Trinajstić information content (AvgIpc) is 3.19. The molecule has 2 aliphatic rings. The number of nitrogens with zero attached hydrogens (tertiary/aromatic N) is 5. The molecule has 3 aromatic rings. The predicted octanol–water partition coefficient (Wildman–Crippen LogP) is 4.11. The van der Waals surface area contributed by atoms with Crippen LogP contribution in [0.25, 0.3) is 0 Å². The van der Waals surface area contributed by atoms with Crippen molar-refractivity contribution in [3.05, 3.63) is 59.8 Å². The SMILES string of the molecule is CCOc1cc2c(cc1CN1CCC(c3cncc(Nc4ncccn4)n3)CC1)OC(C)C2. The zero-order valence-electron chi connectivity index (χ0n) is 19.2. The lowest BCUT2D eigenvalue weighted by Gasteiger charge is -2.32. The van der Waals surface area contributed by atoms with Gasteiger partial charge in [-0.15, -0.1) is 0 Å².